The average Bonchev–Trinajstić information content (AvgIpc) is 2.35. The molecule has 0 amide bonds. The zero-order valence-electron chi connectivity index (χ0n) is 11.4. The van der Waals surface area contributed by atoms with Crippen molar-refractivity contribution in [3.63, 3.8) is 0 Å². The highest BCUT2D eigenvalue weighted by Gasteiger charge is 2.17. The van der Waals surface area contributed by atoms with Gasteiger partial charge in [0, 0.05) is 45.9 Å². The highest BCUT2D eigenvalue weighted by Crippen LogP contribution is 2.05. The second-order valence-electron chi connectivity index (χ2n) is 4.70. The zero-order chi connectivity index (χ0) is 12.3. The zero-order valence-corrected chi connectivity index (χ0v) is 11.4. The Balaban J connectivity index is 1.98. The number of hydrogen-bond donors (Lipinski definition) is 1. The normalized spacial score (nSPS) is 21.9. The van der Waals surface area contributed by atoms with Gasteiger partial charge in [0.2, 0.25) is 0 Å². The molecular weight excluding hydrogens is 216 g/mol. The van der Waals surface area contributed by atoms with E-state index in [4.69, 9.17) is 9.47 Å². The van der Waals surface area contributed by atoms with Crippen LogP contribution < -0.4 is 5.32 Å². The first kappa shape index (κ1) is 14.9. The summed E-state index contributed by atoms with van der Waals surface area (Å²) in [5.74, 6) is 0. The van der Waals surface area contributed by atoms with Crippen molar-refractivity contribution in [2.24, 2.45) is 0 Å². The Labute approximate surface area is 106 Å². The highest BCUT2D eigenvalue weighted by atomic mass is 16.5. The first-order chi connectivity index (χ1) is 8.36. The summed E-state index contributed by atoms with van der Waals surface area (Å²) in [6, 6.07) is 0.697. The lowest BCUT2D eigenvalue weighted by molar-refractivity contribution is 0.0634. The lowest BCUT2D eigenvalue weighted by atomic mass is 10.1. The van der Waals surface area contributed by atoms with Gasteiger partial charge in [-0.15, -0.1) is 0 Å². The molecule has 1 aliphatic heterocycles. The number of ether oxygens (including phenoxy) is 2. The quantitative estimate of drug-likeness (QED) is 0.616. The Morgan fingerprint density at radius 2 is 2.18 bits per heavy atom. The van der Waals surface area contributed by atoms with E-state index in [0.29, 0.717) is 12.6 Å². The van der Waals surface area contributed by atoms with Crippen LogP contribution in [0.3, 0.4) is 0 Å². The summed E-state index contributed by atoms with van der Waals surface area (Å²) in [4.78, 5) is 2.55. The summed E-state index contributed by atoms with van der Waals surface area (Å²) < 4.78 is 10.4. The second kappa shape index (κ2) is 9.83. The van der Waals surface area contributed by atoms with E-state index in [1.807, 2.05) is 0 Å². The van der Waals surface area contributed by atoms with E-state index >= 15 is 0 Å². The van der Waals surface area contributed by atoms with Gasteiger partial charge in [0.15, 0.2) is 0 Å². The van der Waals surface area contributed by atoms with E-state index in [9.17, 15) is 0 Å². The lowest BCUT2D eigenvalue weighted by Crippen LogP contribution is -2.50. The predicted molar refractivity (Wildman–Crippen MR) is 70.5 cm³/mol. The van der Waals surface area contributed by atoms with Gasteiger partial charge in [-0.3, -0.25) is 0 Å². The number of nitrogens with one attached hydrogen (secondary N) is 1. The van der Waals surface area contributed by atoms with Crippen LogP contribution in [0.1, 0.15) is 26.2 Å². The molecule has 0 bridgehead atoms. The first-order valence-electron chi connectivity index (χ1n) is 6.89. The van der Waals surface area contributed by atoms with Gasteiger partial charge in [-0.1, -0.05) is 13.3 Å². The van der Waals surface area contributed by atoms with E-state index in [1.54, 1.807) is 7.11 Å². The topological polar surface area (TPSA) is 33.7 Å². The average molecular weight is 244 g/mol. The van der Waals surface area contributed by atoms with E-state index in [-0.39, 0.29) is 0 Å². The molecule has 102 valence electrons. The fraction of sp³-hybridized carbons (Fsp3) is 1.00. The highest BCUT2D eigenvalue weighted by molar-refractivity contribution is 4.77. The van der Waals surface area contributed by atoms with Crippen LogP contribution >= 0.6 is 0 Å². The summed E-state index contributed by atoms with van der Waals surface area (Å²) >= 11 is 0. The minimum absolute atomic E-state index is 0.697. The van der Waals surface area contributed by atoms with Crippen molar-refractivity contribution in [2.45, 2.75) is 32.2 Å². The van der Waals surface area contributed by atoms with Crippen LogP contribution in [0.25, 0.3) is 0 Å². The summed E-state index contributed by atoms with van der Waals surface area (Å²) in [6.07, 6.45) is 3.69. The minimum atomic E-state index is 0.697. The minimum Gasteiger partial charge on any atom is -0.382 e. The van der Waals surface area contributed by atoms with Gasteiger partial charge in [-0.2, -0.15) is 0 Å². The lowest BCUT2D eigenvalue weighted by Gasteiger charge is -2.33. The number of methoxy groups -OCH3 is 1. The van der Waals surface area contributed by atoms with Crippen molar-refractivity contribution < 1.29 is 9.47 Å². The van der Waals surface area contributed by atoms with Gasteiger partial charge in [-0.05, 0) is 12.8 Å². The van der Waals surface area contributed by atoms with Crippen LogP contribution in [0, 0.1) is 0 Å². The summed E-state index contributed by atoms with van der Waals surface area (Å²) in [6.45, 7) is 9.20. The van der Waals surface area contributed by atoms with Crippen LogP contribution in [0.4, 0.5) is 0 Å². The largest absolute Gasteiger partial charge is 0.382 e. The third kappa shape index (κ3) is 6.99. The Morgan fingerprint density at radius 3 is 2.94 bits per heavy atom. The van der Waals surface area contributed by atoms with Crippen molar-refractivity contribution in [2.75, 3.05) is 53.1 Å². The molecule has 0 radical (unpaired) electrons. The maximum atomic E-state index is 5.47. The predicted octanol–water partition coefficient (Wildman–Crippen LogP) is 1.11. The van der Waals surface area contributed by atoms with Gasteiger partial charge >= 0.3 is 0 Å². The SMILES string of the molecule is CCCC1CN(CCCOCCOC)CCN1. The molecule has 0 aromatic heterocycles. The van der Waals surface area contributed by atoms with E-state index in [1.165, 1.54) is 25.9 Å². The molecule has 0 aromatic rings. The van der Waals surface area contributed by atoms with Crippen molar-refractivity contribution in [3.8, 4) is 0 Å². The Kier molecular flexibility index (Phi) is 8.61. The monoisotopic (exact) mass is 244 g/mol. The number of piperazine rings is 1. The van der Waals surface area contributed by atoms with Crippen LogP contribution in [0.15, 0.2) is 0 Å². The van der Waals surface area contributed by atoms with Crippen LogP contribution in [0.2, 0.25) is 0 Å². The van der Waals surface area contributed by atoms with Crippen molar-refractivity contribution >= 4 is 0 Å². The summed E-state index contributed by atoms with van der Waals surface area (Å²) in [5, 5.41) is 3.58. The number of hydrogen-bond acceptors (Lipinski definition) is 4. The molecule has 1 fully saturated rings. The molecule has 4 heteroatoms. The van der Waals surface area contributed by atoms with E-state index in [2.05, 4.69) is 17.1 Å². The number of rotatable bonds is 9. The van der Waals surface area contributed by atoms with E-state index in [0.717, 1.165) is 32.7 Å². The fourth-order valence-electron chi connectivity index (χ4n) is 2.27. The van der Waals surface area contributed by atoms with Crippen molar-refractivity contribution in [1.29, 1.82) is 0 Å². The standard InChI is InChI=1S/C13H28N2O2/c1-3-5-13-12-15(8-6-14-13)7-4-9-17-11-10-16-2/h13-14H,3-12H2,1-2H3. The van der Waals surface area contributed by atoms with Gasteiger partial charge in [-0.25, -0.2) is 0 Å². The third-order valence-electron chi connectivity index (χ3n) is 3.17. The van der Waals surface area contributed by atoms with Gasteiger partial charge in [0.1, 0.15) is 0 Å². The van der Waals surface area contributed by atoms with Crippen molar-refractivity contribution in [3.05, 3.63) is 0 Å². The molecule has 17 heavy (non-hydrogen) atoms. The van der Waals surface area contributed by atoms with Gasteiger partial charge in [0.25, 0.3) is 0 Å². The van der Waals surface area contributed by atoms with Gasteiger partial charge < -0.3 is 19.7 Å². The Morgan fingerprint density at radius 1 is 1.29 bits per heavy atom. The molecule has 0 aromatic carbocycles. The molecule has 0 saturated carbocycles. The molecule has 1 unspecified atom stereocenters. The molecular formula is C13H28N2O2. The molecule has 1 atom stereocenters. The molecule has 1 N–H and O–H groups in total. The molecule has 1 heterocycles. The molecule has 0 aliphatic carbocycles. The summed E-state index contributed by atoms with van der Waals surface area (Å²) in [7, 11) is 1.71. The molecule has 0 spiro atoms. The second-order valence-corrected chi connectivity index (χ2v) is 4.70. The Bertz CT molecular complexity index is 177. The number of nitrogens with zero attached hydrogens (tertiary/aromatic N) is 1. The Hall–Kier alpha value is -0.160. The molecule has 4 nitrogen and oxygen atoms in total. The van der Waals surface area contributed by atoms with Crippen LogP contribution in [-0.4, -0.2) is 64.1 Å². The van der Waals surface area contributed by atoms with Crippen molar-refractivity contribution in [1.82, 2.24) is 10.2 Å². The van der Waals surface area contributed by atoms with Crippen LogP contribution in [0.5, 0.6) is 0 Å². The first-order valence-corrected chi connectivity index (χ1v) is 6.89. The fourth-order valence-corrected chi connectivity index (χ4v) is 2.27. The third-order valence-corrected chi connectivity index (χ3v) is 3.17. The van der Waals surface area contributed by atoms with Crippen LogP contribution in [-0.2, 0) is 9.47 Å². The smallest absolute Gasteiger partial charge is 0.0700 e. The summed E-state index contributed by atoms with van der Waals surface area (Å²) in [5.41, 5.74) is 0. The molecule has 1 aliphatic rings. The maximum absolute atomic E-state index is 5.47. The molecule has 1 rings (SSSR count). The molecule has 1 saturated heterocycles. The maximum Gasteiger partial charge on any atom is 0.0700 e. The van der Waals surface area contributed by atoms with E-state index < -0.39 is 0 Å². The van der Waals surface area contributed by atoms with Gasteiger partial charge in [0.05, 0.1) is 13.2 Å².